The summed E-state index contributed by atoms with van der Waals surface area (Å²) >= 11 is 0. The highest BCUT2D eigenvalue weighted by molar-refractivity contribution is 5.81. The van der Waals surface area contributed by atoms with Crippen molar-refractivity contribution in [2.75, 3.05) is 13.2 Å². The largest absolute Gasteiger partial charge is 0.377 e. The Morgan fingerprint density at radius 2 is 2.33 bits per heavy atom. The van der Waals surface area contributed by atoms with Gasteiger partial charge in [0.05, 0.1) is 12.1 Å². The number of nitrogens with two attached hydrogens (primary N) is 1. The third kappa shape index (κ3) is 3.77. The van der Waals surface area contributed by atoms with Crippen LogP contribution in [0.15, 0.2) is 0 Å². The van der Waals surface area contributed by atoms with E-state index in [1.54, 1.807) is 0 Å². The van der Waals surface area contributed by atoms with E-state index in [1.165, 1.54) is 0 Å². The fourth-order valence-corrected chi connectivity index (χ4v) is 1.78. The molecule has 0 aromatic rings. The topological polar surface area (TPSA) is 76.4 Å². The number of carbonyl (C=O) groups is 1. The number of nitrogens with one attached hydrogen (secondary N) is 2. The molecule has 2 atom stereocenters. The summed E-state index contributed by atoms with van der Waals surface area (Å²) in [4.78, 5) is 11.4. The van der Waals surface area contributed by atoms with Gasteiger partial charge in [-0.15, -0.1) is 0 Å². The van der Waals surface area contributed by atoms with Gasteiger partial charge in [-0.25, -0.2) is 5.84 Å². The van der Waals surface area contributed by atoms with E-state index >= 15 is 0 Å². The molecule has 88 valence electrons. The van der Waals surface area contributed by atoms with E-state index in [9.17, 15) is 4.79 Å². The lowest BCUT2D eigenvalue weighted by Crippen LogP contribution is -2.51. The summed E-state index contributed by atoms with van der Waals surface area (Å²) in [5.74, 6) is 5.18. The van der Waals surface area contributed by atoms with Gasteiger partial charge < -0.3 is 10.1 Å². The van der Waals surface area contributed by atoms with Crippen LogP contribution in [0.5, 0.6) is 0 Å². The second kappa shape index (κ2) is 6.05. The standard InChI is InChI=1S/C10H21N3O2/c1-7(2)9(10(14)13-11)12-6-8-4-3-5-15-8/h7-9,12H,3-6,11H2,1-2H3,(H,13,14)/t8-,9+/m0/s1. The molecule has 0 saturated carbocycles. The van der Waals surface area contributed by atoms with Crippen molar-refractivity contribution in [2.45, 2.75) is 38.8 Å². The first-order chi connectivity index (χ1) is 7.15. The molecule has 15 heavy (non-hydrogen) atoms. The van der Waals surface area contributed by atoms with Gasteiger partial charge in [-0.05, 0) is 18.8 Å². The van der Waals surface area contributed by atoms with Gasteiger partial charge in [0.1, 0.15) is 0 Å². The van der Waals surface area contributed by atoms with Gasteiger partial charge >= 0.3 is 0 Å². The SMILES string of the molecule is CC(C)[C@@H](NC[C@@H]1CCCO1)C(=O)NN. The number of hydrogen-bond acceptors (Lipinski definition) is 4. The van der Waals surface area contributed by atoms with Gasteiger partial charge in [0.15, 0.2) is 0 Å². The zero-order chi connectivity index (χ0) is 11.3. The number of hydrogen-bond donors (Lipinski definition) is 3. The van der Waals surface area contributed by atoms with Crippen LogP contribution in [0.1, 0.15) is 26.7 Å². The van der Waals surface area contributed by atoms with Crippen LogP contribution in [0, 0.1) is 5.92 Å². The quantitative estimate of drug-likeness (QED) is 0.336. The molecular weight excluding hydrogens is 194 g/mol. The zero-order valence-electron chi connectivity index (χ0n) is 9.45. The molecule has 0 spiro atoms. The van der Waals surface area contributed by atoms with Crippen molar-refractivity contribution in [1.82, 2.24) is 10.7 Å². The summed E-state index contributed by atoms with van der Waals surface area (Å²) in [6.07, 6.45) is 2.43. The Bertz CT molecular complexity index is 203. The second-order valence-electron chi connectivity index (χ2n) is 4.27. The fourth-order valence-electron chi connectivity index (χ4n) is 1.78. The maximum Gasteiger partial charge on any atom is 0.251 e. The highest BCUT2D eigenvalue weighted by Crippen LogP contribution is 2.11. The molecule has 0 unspecified atom stereocenters. The van der Waals surface area contributed by atoms with Crippen LogP contribution < -0.4 is 16.6 Å². The highest BCUT2D eigenvalue weighted by Gasteiger charge is 2.23. The highest BCUT2D eigenvalue weighted by atomic mass is 16.5. The van der Waals surface area contributed by atoms with E-state index in [1.807, 2.05) is 13.8 Å². The normalized spacial score (nSPS) is 23.1. The molecule has 0 radical (unpaired) electrons. The summed E-state index contributed by atoms with van der Waals surface area (Å²) in [5.41, 5.74) is 2.18. The van der Waals surface area contributed by atoms with Gasteiger partial charge in [-0.1, -0.05) is 13.8 Å². The fraction of sp³-hybridized carbons (Fsp3) is 0.900. The Labute approximate surface area is 90.7 Å². The number of rotatable bonds is 5. The van der Waals surface area contributed by atoms with Crippen molar-refractivity contribution in [3.05, 3.63) is 0 Å². The van der Waals surface area contributed by atoms with Crippen molar-refractivity contribution >= 4 is 5.91 Å². The minimum atomic E-state index is -0.237. The van der Waals surface area contributed by atoms with Crippen LogP contribution in [-0.4, -0.2) is 31.2 Å². The molecule has 1 heterocycles. The van der Waals surface area contributed by atoms with Gasteiger partial charge in [0.25, 0.3) is 5.91 Å². The molecule has 1 amide bonds. The van der Waals surface area contributed by atoms with E-state index in [0.717, 1.165) is 26.0 Å². The summed E-state index contributed by atoms with van der Waals surface area (Å²) in [5, 5.41) is 3.19. The molecule has 0 aliphatic carbocycles. The molecule has 0 aromatic heterocycles. The van der Waals surface area contributed by atoms with Crippen molar-refractivity contribution < 1.29 is 9.53 Å². The monoisotopic (exact) mass is 215 g/mol. The molecule has 1 aliphatic rings. The first kappa shape index (κ1) is 12.4. The van der Waals surface area contributed by atoms with E-state index in [0.29, 0.717) is 0 Å². The Kier molecular flexibility index (Phi) is 5.01. The van der Waals surface area contributed by atoms with Gasteiger partial charge in [-0.2, -0.15) is 0 Å². The van der Waals surface area contributed by atoms with E-state index < -0.39 is 0 Å². The van der Waals surface area contributed by atoms with E-state index in [-0.39, 0.29) is 24.0 Å². The first-order valence-corrected chi connectivity index (χ1v) is 5.50. The van der Waals surface area contributed by atoms with Crippen LogP contribution >= 0.6 is 0 Å². The predicted octanol–water partition coefficient (Wildman–Crippen LogP) is -0.230. The maximum absolute atomic E-state index is 11.4. The van der Waals surface area contributed by atoms with Crippen molar-refractivity contribution in [3.63, 3.8) is 0 Å². The maximum atomic E-state index is 11.4. The Hall–Kier alpha value is -0.650. The smallest absolute Gasteiger partial charge is 0.251 e. The van der Waals surface area contributed by atoms with Crippen LogP contribution in [0.2, 0.25) is 0 Å². The third-order valence-corrected chi connectivity index (χ3v) is 2.68. The summed E-state index contributed by atoms with van der Waals surface area (Å²) < 4.78 is 5.47. The molecule has 1 fully saturated rings. The van der Waals surface area contributed by atoms with Crippen LogP contribution in [0.4, 0.5) is 0 Å². The molecule has 5 nitrogen and oxygen atoms in total. The van der Waals surface area contributed by atoms with Crippen molar-refractivity contribution in [1.29, 1.82) is 0 Å². The lowest BCUT2D eigenvalue weighted by Gasteiger charge is -2.22. The molecule has 1 saturated heterocycles. The Balaban J connectivity index is 2.33. The summed E-state index contributed by atoms with van der Waals surface area (Å²) in [6, 6.07) is -0.237. The van der Waals surface area contributed by atoms with E-state index in [4.69, 9.17) is 10.6 Å². The van der Waals surface area contributed by atoms with Gasteiger partial charge in [-0.3, -0.25) is 10.2 Å². The minimum absolute atomic E-state index is 0.164. The molecule has 0 bridgehead atoms. The van der Waals surface area contributed by atoms with Crippen molar-refractivity contribution in [3.8, 4) is 0 Å². The molecular formula is C10H21N3O2. The number of amides is 1. The van der Waals surface area contributed by atoms with Crippen molar-refractivity contribution in [2.24, 2.45) is 11.8 Å². The average Bonchev–Trinajstić information content (AvgIpc) is 2.70. The number of carbonyl (C=O) groups excluding carboxylic acids is 1. The summed E-state index contributed by atoms with van der Waals surface area (Å²) in [7, 11) is 0. The lowest BCUT2D eigenvalue weighted by atomic mass is 10.0. The molecule has 5 heteroatoms. The zero-order valence-corrected chi connectivity index (χ0v) is 9.45. The van der Waals surface area contributed by atoms with Crippen LogP contribution in [0.3, 0.4) is 0 Å². The summed E-state index contributed by atoms with van der Waals surface area (Å²) in [6.45, 7) is 5.53. The van der Waals surface area contributed by atoms with Crippen LogP contribution in [0.25, 0.3) is 0 Å². The lowest BCUT2D eigenvalue weighted by molar-refractivity contribution is -0.124. The van der Waals surface area contributed by atoms with Gasteiger partial charge in [0.2, 0.25) is 0 Å². The molecule has 1 rings (SSSR count). The predicted molar refractivity (Wildman–Crippen MR) is 57.9 cm³/mol. The molecule has 4 N–H and O–H groups in total. The third-order valence-electron chi connectivity index (χ3n) is 2.68. The average molecular weight is 215 g/mol. The van der Waals surface area contributed by atoms with E-state index in [2.05, 4.69) is 10.7 Å². The second-order valence-corrected chi connectivity index (χ2v) is 4.27. The van der Waals surface area contributed by atoms with Crippen LogP contribution in [-0.2, 0) is 9.53 Å². The number of ether oxygens (including phenoxy) is 1. The first-order valence-electron chi connectivity index (χ1n) is 5.50. The van der Waals surface area contributed by atoms with Gasteiger partial charge in [0, 0.05) is 13.2 Å². The minimum Gasteiger partial charge on any atom is -0.377 e. The number of hydrazine groups is 1. The molecule has 0 aromatic carbocycles. The Morgan fingerprint density at radius 3 is 2.80 bits per heavy atom. The molecule has 1 aliphatic heterocycles. The Morgan fingerprint density at radius 1 is 1.60 bits per heavy atom.